The lowest BCUT2D eigenvalue weighted by atomic mass is 10.0. The van der Waals surface area contributed by atoms with E-state index in [0.29, 0.717) is 5.56 Å². The van der Waals surface area contributed by atoms with E-state index >= 15 is 0 Å². The lowest BCUT2D eigenvalue weighted by Crippen LogP contribution is -2.44. The van der Waals surface area contributed by atoms with Crippen molar-refractivity contribution >= 4 is 11.9 Å². The van der Waals surface area contributed by atoms with E-state index in [9.17, 15) is 14.7 Å². The van der Waals surface area contributed by atoms with Gasteiger partial charge in [0.05, 0.1) is 0 Å². The van der Waals surface area contributed by atoms with Crippen molar-refractivity contribution in [3.05, 3.63) is 35.9 Å². The molecule has 0 spiro atoms. The Bertz CT molecular complexity index is 377. The van der Waals surface area contributed by atoms with Crippen LogP contribution in [0.2, 0.25) is 0 Å². The molecule has 1 rings (SSSR count). The number of aliphatic hydroxyl groups excluding tert-OH is 1. The number of amides is 1. The average molecular weight is 223 g/mol. The summed E-state index contributed by atoms with van der Waals surface area (Å²) in [6.07, 6.45) is -1.26. The Kier molecular flexibility index (Phi) is 4.02. The summed E-state index contributed by atoms with van der Waals surface area (Å²) in [5.41, 5.74) is 0.448. The molecule has 0 aliphatic heterocycles. The number of aliphatic carboxylic acids is 1. The SMILES string of the molecule is CC(=O)N[C@@H](C(=O)O)[C@@H](O)c1ccccc1. The van der Waals surface area contributed by atoms with Crippen LogP contribution in [0.4, 0.5) is 0 Å². The van der Waals surface area contributed by atoms with Crippen LogP contribution in [0.1, 0.15) is 18.6 Å². The molecular formula is C11H13NO4. The molecule has 0 saturated heterocycles. The molecule has 0 heterocycles. The van der Waals surface area contributed by atoms with Crippen molar-refractivity contribution in [1.82, 2.24) is 5.32 Å². The van der Waals surface area contributed by atoms with E-state index in [1.165, 1.54) is 6.92 Å². The minimum atomic E-state index is -1.33. The molecule has 0 bridgehead atoms. The van der Waals surface area contributed by atoms with Gasteiger partial charge in [-0.2, -0.15) is 0 Å². The molecule has 0 fully saturated rings. The Balaban J connectivity index is 2.87. The molecule has 0 aliphatic rings. The van der Waals surface area contributed by atoms with Crippen molar-refractivity contribution < 1.29 is 19.8 Å². The Morgan fingerprint density at radius 3 is 2.25 bits per heavy atom. The number of carboxylic acid groups (broad SMARTS) is 1. The molecule has 5 nitrogen and oxygen atoms in total. The zero-order valence-electron chi connectivity index (χ0n) is 8.75. The first kappa shape index (κ1) is 12.2. The Hall–Kier alpha value is -1.88. The van der Waals surface area contributed by atoms with Crippen molar-refractivity contribution in [2.45, 2.75) is 19.1 Å². The third-order valence-electron chi connectivity index (χ3n) is 2.08. The van der Waals surface area contributed by atoms with Gasteiger partial charge in [0.25, 0.3) is 0 Å². The molecule has 0 unspecified atom stereocenters. The summed E-state index contributed by atoms with van der Waals surface area (Å²) in [5, 5.41) is 20.9. The van der Waals surface area contributed by atoms with E-state index in [1.54, 1.807) is 30.3 Å². The highest BCUT2D eigenvalue weighted by molar-refractivity contribution is 5.82. The molecule has 16 heavy (non-hydrogen) atoms. The van der Waals surface area contributed by atoms with Gasteiger partial charge in [-0.3, -0.25) is 4.79 Å². The molecule has 1 aromatic carbocycles. The van der Waals surface area contributed by atoms with Crippen molar-refractivity contribution in [3.63, 3.8) is 0 Å². The molecule has 5 heteroatoms. The van der Waals surface area contributed by atoms with Crippen LogP contribution in [0.25, 0.3) is 0 Å². The van der Waals surface area contributed by atoms with Crippen LogP contribution in [0, 0.1) is 0 Å². The van der Waals surface area contributed by atoms with E-state index in [4.69, 9.17) is 5.11 Å². The van der Waals surface area contributed by atoms with Crippen molar-refractivity contribution in [2.75, 3.05) is 0 Å². The van der Waals surface area contributed by atoms with Crippen molar-refractivity contribution in [1.29, 1.82) is 0 Å². The third-order valence-corrected chi connectivity index (χ3v) is 2.08. The van der Waals surface area contributed by atoms with Gasteiger partial charge in [0.15, 0.2) is 6.04 Å². The van der Waals surface area contributed by atoms with E-state index < -0.39 is 24.0 Å². The second kappa shape index (κ2) is 5.27. The fourth-order valence-electron chi connectivity index (χ4n) is 1.34. The summed E-state index contributed by atoms with van der Waals surface area (Å²) in [4.78, 5) is 21.7. The molecule has 2 atom stereocenters. The standard InChI is InChI=1S/C11H13NO4/c1-7(13)12-9(11(15)16)10(14)8-5-3-2-4-6-8/h2-6,9-10,14H,1H3,(H,12,13)(H,15,16)/t9-,10+/m1/s1. The summed E-state index contributed by atoms with van der Waals surface area (Å²) in [5.74, 6) is -1.77. The highest BCUT2D eigenvalue weighted by Gasteiger charge is 2.28. The number of carbonyl (C=O) groups is 2. The molecule has 1 aromatic rings. The number of carbonyl (C=O) groups excluding carboxylic acids is 1. The minimum Gasteiger partial charge on any atom is -0.480 e. The highest BCUT2D eigenvalue weighted by Crippen LogP contribution is 2.16. The minimum absolute atomic E-state index is 0.448. The maximum Gasteiger partial charge on any atom is 0.329 e. The van der Waals surface area contributed by atoms with Gasteiger partial charge in [0, 0.05) is 6.92 Å². The highest BCUT2D eigenvalue weighted by atomic mass is 16.4. The monoisotopic (exact) mass is 223 g/mol. The maximum atomic E-state index is 10.9. The zero-order chi connectivity index (χ0) is 12.1. The lowest BCUT2D eigenvalue weighted by Gasteiger charge is -2.19. The number of benzene rings is 1. The molecule has 86 valence electrons. The first-order chi connectivity index (χ1) is 7.52. The largest absolute Gasteiger partial charge is 0.480 e. The average Bonchev–Trinajstić information content (AvgIpc) is 2.25. The second-order valence-electron chi connectivity index (χ2n) is 3.37. The number of rotatable bonds is 4. The second-order valence-corrected chi connectivity index (χ2v) is 3.37. The van der Waals surface area contributed by atoms with Gasteiger partial charge in [-0.05, 0) is 5.56 Å². The normalized spacial score (nSPS) is 13.9. The summed E-state index contributed by atoms with van der Waals surface area (Å²) in [6.45, 7) is 1.20. The predicted molar refractivity (Wildman–Crippen MR) is 56.6 cm³/mol. The van der Waals surface area contributed by atoms with Gasteiger partial charge < -0.3 is 15.5 Å². The van der Waals surface area contributed by atoms with E-state index in [0.717, 1.165) is 0 Å². The third kappa shape index (κ3) is 3.06. The fraction of sp³-hybridized carbons (Fsp3) is 0.273. The van der Waals surface area contributed by atoms with Crippen LogP contribution < -0.4 is 5.32 Å². The zero-order valence-corrected chi connectivity index (χ0v) is 8.75. The van der Waals surface area contributed by atoms with Crippen LogP contribution >= 0.6 is 0 Å². The number of carboxylic acids is 1. The fourth-order valence-corrected chi connectivity index (χ4v) is 1.34. The molecule has 0 aromatic heterocycles. The molecule has 0 aliphatic carbocycles. The van der Waals surface area contributed by atoms with Crippen LogP contribution in [0.5, 0.6) is 0 Å². The smallest absolute Gasteiger partial charge is 0.329 e. The first-order valence-corrected chi connectivity index (χ1v) is 4.75. The number of nitrogens with one attached hydrogen (secondary N) is 1. The van der Waals surface area contributed by atoms with Crippen molar-refractivity contribution in [2.24, 2.45) is 0 Å². The van der Waals surface area contributed by atoms with Crippen LogP contribution in [-0.2, 0) is 9.59 Å². The number of aliphatic hydroxyl groups is 1. The summed E-state index contributed by atoms with van der Waals surface area (Å²) in [7, 11) is 0. The van der Waals surface area contributed by atoms with Crippen LogP contribution in [0.15, 0.2) is 30.3 Å². The summed E-state index contributed by atoms with van der Waals surface area (Å²) < 4.78 is 0. The van der Waals surface area contributed by atoms with Crippen LogP contribution in [-0.4, -0.2) is 28.1 Å². The van der Waals surface area contributed by atoms with Gasteiger partial charge in [0.2, 0.25) is 5.91 Å². The summed E-state index contributed by atoms with van der Waals surface area (Å²) in [6, 6.07) is 6.99. The van der Waals surface area contributed by atoms with Crippen molar-refractivity contribution in [3.8, 4) is 0 Å². The Labute approximate surface area is 92.7 Å². The number of hydrogen-bond donors (Lipinski definition) is 3. The van der Waals surface area contributed by atoms with Gasteiger partial charge in [0.1, 0.15) is 6.10 Å². The molecule has 0 radical (unpaired) electrons. The Morgan fingerprint density at radius 1 is 1.25 bits per heavy atom. The summed E-state index contributed by atoms with van der Waals surface area (Å²) >= 11 is 0. The van der Waals surface area contributed by atoms with Gasteiger partial charge in [-0.1, -0.05) is 30.3 Å². The van der Waals surface area contributed by atoms with Crippen LogP contribution in [0.3, 0.4) is 0 Å². The number of hydrogen-bond acceptors (Lipinski definition) is 3. The Morgan fingerprint density at radius 2 is 1.81 bits per heavy atom. The van der Waals surface area contributed by atoms with E-state index in [-0.39, 0.29) is 0 Å². The predicted octanol–water partition coefficient (Wildman–Crippen LogP) is 0.309. The van der Waals surface area contributed by atoms with Gasteiger partial charge in [-0.25, -0.2) is 4.79 Å². The molecule has 3 N–H and O–H groups in total. The van der Waals surface area contributed by atoms with E-state index in [2.05, 4.69) is 5.32 Å². The van der Waals surface area contributed by atoms with E-state index in [1.807, 2.05) is 0 Å². The topological polar surface area (TPSA) is 86.6 Å². The molecule has 0 saturated carbocycles. The molecule has 1 amide bonds. The lowest BCUT2D eigenvalue weighted by molar-refractivity contribution is -0.145. The quantitative estimate of drug-likeness (QED) is 0.685. The van der Waals surface area contributed by atoms with Gasteiger partial charge in [-0.15, -0.1) is 0 Å². The first-order valence-electron chi connectivity index (χ1n) is 4.75. The molecular weight excluding hydrogens is 210 g/mol. The maximum absolute atomic E-state index is 10.9. The van der Waals surface area contributed by atoms with Gasteiger partial charge >= 0.3 is 5.97 Å².